The number of nitrogens with one attached hydrogen (secondary N) is 3. The van der Waals surface area contributed by atoms with E-state index >= 15 is 0 Å². The first kappa shape index (κ1) is 9.57. The molecule has 3 N–H and O–H groups in total. The van der Waals surface area contributed by atoms with Crippen molar-refractivity contribution >= 4 is 17.4 Å². The highest BCUT2D eigenvalue weighted by Gasteiger charge is 2.09. The number of rotatable bonds is 3. The lowest BCUT2D eigenvalue weighted by Crippen LogP contribution is -2.09. The topological polar surface area (TPSA) is 69.8 Å². The summed E-state index contributed by atoms with van der Waals surface area (Å²) in [5, 5.41) is 12.5. The Morgan fingerprint density at radius 1 is 1.62 bits per heavy atom. The Hall–Kier alpha value is -1.52. The third kappa shape index (κ3) is 2.21. The average Bonchev–Trinajstić information content (AvgIpc) is 2.35. The number of aryl methyl sites for hydroxylation is 1. The lowest BCUT2D eigenvalue weighted by Gasteiger charge is -2.04. The summed E-state index contributed by atoms with van der Waals surface area (Å²) >= 11 is 0. The first-order valence-corrected chi connectivity index (χ1v) is 4.21. The molecule has 0 aliphatic rings. The first-order valence-electron chi connectivity index (χ1n) is 4.21. The van der Waals surface area contributed by atoms with Gasteiger partial charge in [0, 0.05) is 13.5 Å². The third-order valence-corrected chi connectivity index (χ3v) is 1.60. The summed E-state index contributed by atoms with van der Waals surface area (Å²) < 4.78 is 0. The Morgan fingerprint density at radius 2 is 2.31 bits per heavy atom. The number of nitrogens with zero attached hydrogens (tertiary/aromatic N) is 1. The molecule has 0 unspecified atom stereocenters. The van der Waals surface area contributed by atoms with E-state index in [4.69, 9.17) is 0 Å². The van der Waals surface area contributed by atoms with Crippen molar-refractivity contribution in [2.24, 2.45) is 0 Å². The Balaban J connectivity index is 2.86. The summed E-state index contributed by atoms with van der Waals surface area (Å²) in [6.45, 7) is 6.15. The second-order valence-corrected chi connectivity index (χ2v) is 2.78. The molecule has 0 atom stereocenters. The van der Waals surface area contributed by atoms with E-state index in [9.17, 15) is 4.79 Å². The molecule has 5 heteroatoms. The molecular weight excluding hydrogens is 168 g/mol. The molecule has 5 nitrogen and oxygen atoms in total. The smallest absolute Gasteiger partial charge is 0.222 e. The minimum absolute atomic E-state index is 0.120. The number of aromatic nitrogens is 2. The average molecular weight is 182 g/mol. The van der Waals surface area contributed by atoms with Crippen molar-refractivity contribution < 1.29 is 4.79 Å². The SMILES string of the molecule is CCNc1c(NC(C)=O)n[nH]c1C. The Bertz CT molecular complexity index is 305. The molecule has 0 bridgehead atoms. The Labute approximate surface area is 76.9 Å². The zero-order chi connectivity index (χ0) is 9.84. The largest absolute Gasteiger partial charge is 0.381 e. The van der Waals surface area contributed by atoms with Crippen LogP contribution in [-0.2, 0) is 4.79 Å². The van der Waals surface area contributed by atoms with Gasteiger partial charge in [-0.2, -0.15) is 5.10 Å². The van der Waals surface area contributed by atoms with Crippen molar-refractivity contribution in [1.29, 1.82) is 0 Å². The molecule has 0 aliphatic carbocycles. The van der Waals surface area contributed by atoms with Crippen molar-refractivity contribution in [1.82, 2.24) is 10.2 Å². The number of aromatic amines is 1. The van der Waals surface area contributed by atoms with E-state index < -0.39 is 0 Å². The fraction of sp³-hybridized carbons (Fsp3) is 0.500. The lowest BCUT2D eigenvalue weighted by molar-refractivity contribution is -0.114. The highest BCUT2D eigenvalue weighted by Crippen LogP contribution is 2.21. The molecule has 1 aromatic rings. The maximum Gasteiger partial charge on any atom is 0.222 e. The molecular formula is C8H14N4O. The monoisotopic (exact) mass is 182 g/mol. The molecule has 1 amide bonds. The summed E-state index contributed by atoms with van der Waals surface area (Å²) in [6, 6.07) is 0. The van der Waals surface area contributed by atoms with E-state index in [1.54, 1.807) is 0 Å². The number of H-pyrrole nitrogens is 1. The number of hydrogen-bond acceptors (Lipinski definition) is 3. The van der Waals surface area contributed by atoms with Crippen LogP contribution in [0.2, 0.25) is 0 Å². The number of amides is 1. The molecule has 72 valence electrons. The molecule has 0 radical (unpaired) electrons. The Morgan fingerprint density at radius 3 is 2.85 bits per heavy atom. The minimum Gasteiger partial charge on any atom is -0.381 e. The van der Waals surface area contributed by atoms with Gasteiger partial charge in [0.25, 0.3) is 0 Å². The van der Waals surface area contributed by atoms with E-state index in [1.165, 1.54) is 6.92 Å². The van der Waals surface area contributed by atoms with E-state index in [0.717, 1.165) is 17.9 Å². The van der Waals surface area contributed by atoms with Gasteiger partial charge >= 0.3 is 0 Å². The van der Waals surface area contributed by atoms with Crippen molar-refractivity contribution in [3.63, 3.8) is 0 Å². The fourth-order valence-electron chi connectivity index (χ4n) is 1.08. The van der Waals surface area contributed by atoms with Crippen LogP contribution in [0.5, 0.6) is 0 Å². The van der Waals surface area contributed by atoms with Crippen LogP contribution in [0.25, 0.3) is 0 Å². The fourth-order valence-corrected chi connectivity index (χ4v) is 1.08. The molecule has 1 heterocycles. The van der Waals surface area contributed by atoms with Crippen molar-refractivity contribution in [3.05, 3.63) is 5.69 Å². The maximum atomic E-state index is 10.8. The maximum absolute atomic E-state index is 10.8. The molecule has 0 fully saturated rings. The van der Waals surface area contributed by atoms with Crippen LogP contribution in [0, 0.1) is 6.92 Å². The van der Waals surface area contributed by atoms with Crippen LogP contribution in [0.1, 0.15) is 19.5 Å². The van der Waals surface area contributed by atoms with Gasteiger partial charge in [-0.15, -0.1) is 0 Å². The predicted octanol–water partition coefficient (Wildman–Crippen LogP) is 1.11. The summed E-state index contributed by atoms with van der Waals surface area (Å²) in [6.07, 6.45) is 0. The van der Waals surface area contributed by atoms with Gasteiger partial charge in [0.1, 0.15) is 5.69 Å². The molecule has 0 saturated carbocycles. The van der Waals surface area contributed by atoms with Crippen LogP contribution >= 0.6 is 0 Å². The van der Waals surface area contributed by atoms with E-state index in [-0.39, 0.29) is 5.91 Å². The second kappa shape index (κ2) is 3.93. The first-order chi connectivity index (χ1) is 6.15. The van der Waals surface area contributed by atoms with Crippen LogP contribution in [-0.4, -0.2) is 22.6 Å². The number of carbonyl (C=O) groups excluding carboxylic acids is 1. The summed E-state index contributed by atoms with van der Waals surface area (Å²) in [7, 11) is 0. The van der Waals surface area contributed by atoms with Crippen LogP contribution in [0.15, 0.2) is 0 Å². The summed E-state index contributed by atoms with van der Waals surface area (Å²) in [5.74, 6) is 0.442. The predicted molar refractivity (Wildman–Crippen MR) is 51.8 cm³/mol. The molecule has 1 aromatic heterocycles. The van der Waals surface area contributed by atoms with E-state index in [2.05, 4.69) is 20.8 Å². The highest BCUT2D eigenvalue weighted by atomic mass is 16.1. The molecule has 1 rings (SSSR count). The van der Waals surface area contributed by atoms with Gasteiger partial charge in [0.05, 0.1) is 5.69 Å². The zero-order valence-corrected chi connectivity index (χ0v) is 8.06. The van der Waals surface area contributed by atoms with Gasteiger partial charge in [0.15, 0.2) is 5.82 Å². The highest BCUT2D eigenvalue weighted by molar-refractivity contribution is 5.91. The van der Waals surface area contributed by atoms with Crippen molar-refractivity contribution in [2.75, 3.05) is 17.2 Å². The summed E-state index contributed by atoms with van der Waals surface area (Å²) in [4.78, 5) is 10.8. The van der Waals surface area contributed by atoms with Crippen molar-refractivity contribution in [2.45, 2.75) is 20.8 Å². The third-order valence-electron chi connectivity index (χ3n) is 1.60. The van der Waals surface area contributed by atoms with Crippen molar-refractivity contribution in [3.8, 4) is 0 Å². The Kier molecular flexibility index (Phi) is 2.89. The number of carbonyl (C=O) groups is 1. The van der Waals surface area contributed by atoms with Crippen LogP contribution in [0.4, 0.5) is 11.5 Å². The van der Waals surface area contributed by atoms with Gasteiger partial charge in [-0.3, -0.25) is 9.89 Å². The van der Waals surface area contributed by atoms with Gasteiger partial charge in [-0.1, -0.05) is 0 Å². The lowest BCUT2D eigenvalue weighted by atomic mass is 10.3. The minimum atomic E-state index is -0.120. The molecule has 0 aliphatic heterocycles. The van der Waals surface area contributed by atoms with Gasteiger partial charge in [-0.25, -0.2) is 0 Å². The van der Waals surface area contributed by atoms with Crippen LogP contribution < -0.4 is 10.6 Å². The summed E-state index contributed by atoms with van der Waals surface area (Å²) in [5.41, 5.74) is 1.78. The molecule has 0 saturated heterocycles. The standard InChI is InChI=1S/C8H14N4O/c1-4-9-7-5(2)11-12-8(7)10-6(3)13/h9H,4H2,1-3H3,(H2,10,11,12,13). The number of hydrogen-bond donors (Lipinski definition) is 3. The van der Waals surface area contributed by atoms with E-state index in [0.29, 0.717) is 5.82 Å². The van der Waals surface area contributed by atoms with Gasteiger partial charge in [0.2, 0.25) is 5.91 Å². The van der Waals surface area contributed by atoms with E-state index in [1.807, 2.05) is 13.8 Å². The molecule has 0 aromatic carbocycles. The van der Waals surface area contributed by atoms with Gasteiger partial charge < -0.3 is 10.6 Å². The quantitative estimate of drug-likeness (QED) is 0.655. The molecule has 0 spiro atoms. The molecule has 13 heavy (non-hydrogen) atoms. The zero-order valence-electron chi connectivity index (χ0n) is 8.06. The second-order valence-electron chi connectivity index (χ2n) is 2.78. The van der Waals surface area contributed by atoms with Gasteiger partial charge in [-0.05, 0) is 13.8 Å². The van der Waals surface area contributed by atoms with Crippen LogP contribution in [0.3, 0.4) is 0 Å². The normalized spacial score (nSPS) is 9.77. The number of anilines is 2.